The second-order valence-corrected chi connectivity index (χ2v) is 4.14. The largest absolute Gasteiger partial charge is 0.0655 e. The van der Waals surface area contributed by atoms with E-state index in [-0.39, 0.29) is 0 Å². The van der Waals surface area contributed by atoms with Crippen LogP contribution in [-0.2, 0) is 0 Å². The summed E-state index contributed by atoms with van der Waals surface area (Å²) in [6.07, 6.45) is 2.34. The van der Waals surface area contributed by atoms with Crippen LogP contribution in [0, 0.1) is 13.8 Å². The lowest BCUT2D eigenvalue weighted by atomic mass is 9.93. The van der Waals surface area contributed by atoms with Crippen molar-refractivity contribution in [2.24, 2.45) is 0 Å². The van der Waals surface area contributed by atoms with Gasteiger partial charge in [-0.05, 0) is 43.0 Å². The van der Waals surface area contributed by atoms with E-state index in [4.69, 9.17) is 0 Å². The van der Waals surface area contributed by atoms with Gasteiger partial charge in [-0.25, -0.2) is 0 Å². The second-order valence-electron chi connectivity index (χ2n) is 4.14. The van der Waals surface area contributed by atoms with Crippen LogP contribution in [-0.4, -0.2) is 0 Å². The lowest BCUT2D eigenvalue weighted by Gasteiger charge is -2.12. The fourth-order valence-corrected chi connectivity index (χ4v) is 2.20. The maximum absolute atomic E-state index is 2.34. The molecule has 0 amide bonds. The molecule has 13 heavy (non-hydrogen) atoms. The Bertz CT molecular complexity index is 383. The molecule has 0 radical (unpaired) electrons. The lowest BCUT2D eigenvalue weighted by molar-refractivity contribution is 0.908. The maximum Gasteiger partial charge on any atom is 0.00290 e. The smallest absolute Gasteiger partial charge is 0.00290 e. The van der Waals surface area contributed by atoms with Crippen LogP contribution < -0.4 is 0 Å². The van der Waals surface area contributed by atoms with Crippen LogP contribution in [0.5, 0.6) is 0 Å². The third kappa shape index (κ3) is 1.13. The normalized spacial score (nSPS) is 20.0. The van der Waals surface area contributed by atoms with Crippen molar-refractivity contribution in [3.8, 4) is 0 Å². The summed E-state index contributed by atoms with van der Waals surface area (Å²) in [4.78, 5) is 0. The molecule has 1 aliphatic rings. The highest BCUT2D eigenvalue weighted by atomic mass is 14.2. The van der Waals surface area contributed by atoms with Gasteiger partial charge in [0.05, 0.1) is 0 Å². The Morgan fingerprint density at radius 2 is 1.62 bits per heavy atom. The average Bonchev–Trinajstić information content (AvgIpc) is 2.38. The van der Waals surface area contributed by atoms with Crippen LogP contribution in [0.25, 0.3) is 6.08 Å². The van der Waals surface area contributed by atoms with E-state index in [1.807, 2.05) is 0 Å². The zero-order chi connectivity index (χ0) is 9.59. The Morgan fingerprint density at radius 3 is 2.23 bits per heavy atom. The predicted octanol–water partition coefficient (Wildman–Crippen LogP) is 3.82. The van der Waals surface area contributed by atoms with Crippen molar-refractivity contribution in [2.75, 3.05) is 0 Å². The van der Waals surface area contributed by atoms with Crippen molar-refractivity contribution in [1.29, 1.82) is 0 Å². The summed E-state index contributed by atoms with van der Waals surface area (Å²) in [5, 5.41) is 0. The van der Waals surface area contributed by atoms with E-state index in [1.54, 1.807) is 0 Å². The van der Waals surface area contributed by atoms with Crippen LogP contribution in [0.2, 0.25) is 0 Å². The van der Waals surface area contributed by atoms with Crippen LogP contribution in [0.3, 0.4) is 0 Å². The van der Waals surface area contributed by atoms with Crippen molar-refractivity contribution in [2.45, 2.75) is 33.6 Å². The molecule has 1 atom stereocenters. The summed E-state index contributed by atoms with van der Waals surface area (Å²) in [7, 11) is 0. The van der Waals surface area contributed by atoms with Gasteiger partial charge in [-0.3, -0.25) is 0 Å². The molecule has 0 bridgehead atoms. The van der Waals surface area contributed by atoms with Crippen LogP contribution in [0.15, 0.2) is 17.7 Å². The molecule has 0 spiro atoms. The van der Waals surface area contributed by atoms with Crippen molar-refractivity contribution in [3.63, 3.8) is 0 Å². The van der Waals surface area contributed by atoms with Gasteiger partial charge in [0.2, 0.25) is 0 Å². The van der Waals surface area contributed by atoms with Crippen LogP contribution >= 0.6 is 0 Å². The molecule has 68 valence electrons. The van der Waals surface area contributed by atoms with Crippen molar-refractivity contribution < 1.29 is 0 Å². The van der Waals surface area contributed by atoms with E-state index in [9.17, 15) is 0 Å². The first-order valence-electron chi connectivity index (χ1n) is 4.89. The monoisotopic (exact) mass is 172 g/mol. The molecule has 0 heteroatoms. The molecule has 0 heterocycles. The number of benzene rings is 1. The molecule has 1 aliphatic carbocycles. The van der Waals surface area contributed by atoms with Gasteiger partial charge in [-0.15, -0.1) is 0 Å². The topological polar surface area (TPSA) is 0 Å². The first-order chi connectivity index (χ1) is 6.11. The standard InChI is InChI=1S/C13H16/c1-8-5-6-9(2)13-11(4)10(3)7-12(8)13/h5-7,11H,1-4H3. The van der Waals surface area contributed by atoms with Crippen LogP contribution in [0.1, 0.15) is 42.0 Å². The SMILES string of the molecule is CC1=Cc2c(C)ccc(C)c2C1C. The number of hydrogen-bond donors (Lipinski definition) is 0. The summed E-state index contributed by atoms with van der Waals surface area (Å²) >= 11 is 0. The molecule has 0 fully saturated rings. The van der Waals surface area contributed by atoms with E-state index in [1.165, 1.54) is 27.8 Å². The highest BCUT2D eigenvalue weighted by Crippen LogP contribution is 2.38. The van der Waals surface area contributed by atoms with E-state index in [2.05, 4.69) is 45.9 Å². The number of hydrogen-bond acceptors (Lipinski definition) is 0. The zero-order valence-corrected chi connectivity index (χ0v) is 8.81. The Morgan fingerprint density at radius 1 is 1.00 bits per heavy atom. The molecular weight excluding hydrogens is 156 g/mol. The predicted molar refractivity (Wildman–Crippen MR) is 58.0 cm³/mol. The Hall–Kier alpha value is -1.04. The fourth-order valence-electron chi connectivity index (χ4n) is 2.20. The van der Waals surface area contributed by atoms with Crippen molar-refractivity contribution >= 4 is 6.08 Å². The van der Waals surface area contributed by atoms with E-state index < -0.39 is 0 Å². The lowest BCUT2D eigenvalue weighted by Crippen LogP contribution is -1.95. The molecule has 1 aromatic carbocycles. The molecule has 0 N–H and O–H groups in total. The van der Waals surface area contributed by atoms with E-state index in [0.717, 1.165) is 0 Å². The molecule has 0 aliphatic heterocycles. The zero-order valence-electron chi connectivity index (χ0n) is 8.81. The van der Waals surface area contributed by atoms with Gasteiger partial charge in [-0.2, -0.15) is 0 Å². The third-order valence-corrected chi connectivity index (χ3v) is 3.21. The molecule has 1 aromatic rings. The van der Waals surface area contributed by atoms with E-state index >= 15 is 0 Å². The maximum atomic E-state index is 2.34. The minimum atomic E-state index is 0.620. The highest BCUT2D eigenvalue weighted by molar-refractivity contribution is 5.70. The van der Waals surface area contributed by atoms with E-state index in [0.29, 0.717) is 5.92 Å². The highest BCUT2D eigenvalue weighted by Gasteiger charge is 2.20. The third-order valence-electron chi connectivity index (χ3n) is 3.21. The van der Waals surface area contributed by atoms with Gasteiger partial charge < -0.3 is 0 Å². The molecule has 0 saturated carbocycles. The number of allylic oxidation sites excluding steroid dienone is 1. The minimum Gasteiger partial charge on any atom is -0.0655 e. The fraction of sp³-hybridized carbons (Fsp3) is 0.385. The van der Waals surface area contributed by atoms with Gasteiger partial charge in [-0.1, -0.05) is 30.7 Å². The Kier molecular flexibility index (Phi) is 1.80. The quantitative estimate of drug-likeness (QED) is 0.558. The molecule has 0 saturated heterocycles. The van der Waals surface area contributed by atoms with Gasteiger partial charge >= 0.3 is 0 Å². The average molecular weight is 172 g/mol. The number of fused-ring (bicyclic) bond motifs is 1. The summed E-state index contributed by atoms with van der Waals surface area (Å²) in [6, 6.07) is 4.45. The van der Waals surface area contributed by atoms with Gasteiger partial charge in [0, 0.05) is 5.92 Å². The van der Waals surface area contributed by atoms with Gasteiger partial charge in [0.25, 0.3) is 0 Å². The molecular formula is C13H16. The summed E-state index contributed by atoms with van der Waals surface area (Å²) in [6.45, 7) is 8.93. The number of aryl methyl sites for hydroxylation is 2. The Balaban J connectivity index is 2.70. The molecule has 1 unspecified atom stereocenters. The molecule has 0 nitrogen and oxygen atoms in total. The van der Waals surface area contributed by atoms with Gasteiger partial charge in [0.15, 0.2) is 0 Å². The molecule has 0 aromatic heterocycles. The first kappa shape index (κ1) is 8.55. The number of rotatable bonds is 0. The minimum absolute atomic E-state index is 0.620. The van der Waals surface area contributed by atoms with Crippen LogP contribution in [0.4, 0.5) is 0 Å². The van der Waals surface area contributed by atoms with Gasteiger partial charge in [0.1, 0.15) is 0 Å². The summed E-state index contributed by atoms with van der Waals surface area (Å²) in [5.41, 5.74) is 7.33. The summed E-state index contributed by atoms with van der Waals surface area (Å²) < 4.78 is 0. The summed E-state index contributed by atoms with van der Waals surface area (Å²) in [5.74, 6) is 0.620. The first-order valence-corrected chi connectivity index (χ1v) is 4.89. The van der Waals surface area contributed by atoms with Crippen molar-refractivity contribution in [1.82, 2.24) is 0 Å². The Labute approximate surface area is 80.3 Å². The second kappa shape index (κ2) is 2.73. The molecule has 2 rings (SSSR count). The van der Waals surface area contributed by atoms with Crippen molar-refractivity contribution in [3.05, 3.63) is 40.0 Å².